The Morgan fingerprint density at radius 1 is 1.42 bits per heavy atom. The molecule has 0 bridgehead atoms. The summed E-state index contributed by atoms with van der Waals surface area (Å²) >= 11 is 0. The first-order chi connectivity index (χ1) is 9.06. The summed E-state index contributed by atoms with van der Waals surface area (Å²) in [4.78, 5) is 18.8. The SMILES string of the molecule is Cc1ccc2nc3c(c(C(N)=O)c2c1)CN(C)CC3. The Balaban J connectivity index is 2.37. The van der Waals surface area contributed by atoms with Crippen molar-refractivity contribution >= 4 is 16.8 Å². The second-order valence-electron chi connectivity index (χ2n) is 5.28. The van der Waals surface area contributed by atoms with E-state index in [1.807, 2.05) is 32.2 Å². The van der Waals surface area contributed by atoms with Gasteiger partial charge >= 0.3 is 0 Å². The molecule has 1 aliphatic heterocycles. The van der Waals surface area contributed by atoms with Gasteiger partial charge < -0.3 is 10.6 Å². The molecule has 1 amide bonds. The van der Waals surface area contributed by atoms with Crippen LogP contribution in [0, 0.1) is 6.92 Å². The van der Waals surface area contributed by atoms with E-state index in [2.05, 4.69) is 4.90 Å². The minimum absolute atomic E-state index is 0.357. The maximum absolute atomic E-state index is 11.9. The zero-order valence-electron chi connectivity index (χ0n) is 11.2. The van der Waals surface area contributed by atoms with Crippen LogP contribution in [-0.4, -0.2) is 29.4 Å². The molecule has 0 saturated heterocycles. The highest BCUT2D eigenvalue weighted by Gasteiger charge is 2.23. The predicted molar refractivity (Wildman–Crippen MR) is 75.0 cm³/mol. The molecule has 2 N–H and O–H groups in total. The largest absolute Gasteiger partial charge is 0.366 e. The Kier molecular flexibility index (Phi) is 2.75. The normalized spacial score (nSPS) is 15.5. The fourth-order valence-electron chi connectivity index (χ4n) is 2.77. The third-order valence-electron chi connectivity index (χ3n) is 3.73. The van der Waals surface area contributed by atoms with E-state index in [1.165, 1.54) is 0 Å². The van der Waals surface area contributed by atoms with E-state index in [1.54, 1.807) is 0 Å². The van der Waals surface area contributed by atoms with Gasteiger partial charge in [-0.2, -0.15) is 0 Å². The highest BCUT2D eigenvalue weighted by Crippen LogP contribution is 2.27. The summed E-state index contributed by atoms with van der Waals surface area (Å²) in [6.07, 6.45) is 0.871. The number of aromatic nitrogens is 1. The van der Waals surface area contributed by atoms with Crippen LogP contribution in [0.25, 0.3) is 10.9 Å². The van der Waals surface area contributed by atoms with Gasteiger partial charge in [0.25, 0.3) is 0 Å². The van der Waals surface area contributed by atoms with Crippen LogP contribution in [0.1, 0.15) is 27.2 Å². The maximum atomic E-state index is 11.9. The number of benzene rings is 1. The number of aryl methyl sites for hydroxylation is 1. The summed E-state index contributed by atoms with van der Waals surface area (Å²) in [5.41, 5.74) is 10.3. The van der Waals surface area contributed by atoms with E-state index in [4.69, 9.17) is 10.7 Å². The minimum atomic E-state index is -0.357. The topological polar surface area (TPSA) is 59.2 Å². The average molecular weight is 255 g/mol. The molecule has 4 nitrogen and oxygen atoms in total. The monoisotopic (exact) mass is 255 g/mol. The third kappa shape index (κ3) is 1.98. The number of pyridine rings is 1. The quantitative estimate of drug-likeness (QED) is 0.842. The van der Waals surface area contributed by atoms with E-state index < -0.39 is 0 Å². The van der Waals surface area contributed by atoms with Gasteiger partial charge in [0.05, 0.1) is 11.1 Å². The van der Waals surface area contributed by atoms with Crippen molar-refractivity contribution in [3.8, 4) is 0 Å². The Bertz CT molecular complexity index is 679. The number of amides is 1. The molecule has 1 aromatic heterocycles. The molecule has 1 aromatic carbocycles. The second kappa shape index (κ2) is 4.31. The zero-order chi connectivity index (χ0) is 13.6. The average Bonchev–Trinajstić information content (AvgIpc) is 2.35. The van der Waals surface area contributed by atoms with Crippen molar-refractivity contribution in [2.24, 2.45) is 5.73 Å². The number of rotatable bonds is 1. The molecule has 0 unspecified atom stereocenters. The van der Waals surface area contributed by atoms with Crippen LogP contribution < -0.4 is 5.73 Å². The Hall–Kier alpha value is -1.94. The highest BCUT2D eigenvalue weighted by atomic mass is 16.1. The standard InChI is InChI=1S/C15H17N3O/c1-9-3-4-12-10(7-9)14(15(16)19)11-8-18(2)6-5-13(11)17-12/h3-4,7H,5-6,8H2,1-2H3,(H2,16,19). The van der Waals surface area contributed by atoms with Crippen LogP contribution in [0.3, 0.4) is 0 Å². The molecule has 19 heavy (non-hydrogen) atoms. The van der Waals surface area contributed by atoms with Gasteiger partial charge in [0, 0.05) is 36.2 Å². The molecule has 0 radical (unpaired) electrons. The van der Waals surface area contributed by atoms with Gasteiger partial charge in [-0.25, -0.2) is 0 Å². The van der Waals surface area contributed by atoms with E-state index >= 15 is 0 Å². The fourth-order valence-corrected chi connectivity index (χ4v) is 2.77. The minimum Gasteiger partial charge on any atom is -0.366 e. The van der Waals surface area contributed by atoms with Gasteiger partial charge in [-0.1, -0.05) is 11.6 Å². The summed E-state index contributed by atoms with van der Waals surface area (Å²) in [5.74, 6) is -0.357. The van der Waals surface area contributed by atoms with Crippen molar-refractivity contribution in [3.05, 3.63) is 40.6 Å². The van der Waals surface area contributed by atoms with Crippen molar-refractivity contribution in [1.29, 1.82) is 0 Å². The van der Waals surface area contributed by atoms with E-state index in [0.29, 0.717) is 5.56 Å². The van der Waals surface area contributed by atoms with Gasteiger partial charge in [0.15, 0.2) is 0 Å². The predicted octanol–water partition coefficient (Wildman–Crippen LogP) is 1.63. The first-order valence-corrected chi connectivity index (χ1v) is 6.46. The molecule has 0 atom stereocenters. The van der Waals surface area contributed by atoms with Crippen LogP contribution in [-0.2, 0) is 13.0 Å². The lowest BCUT2D eigenvalue weighted by molar-refractivity contribution is 0.0999. The number of nitrogens with two attached hydrogens (primary N) is 1. The fraction of sp³-hybridized carbons (Fsp3) is 0.333. The molecule has 0 fully saturated rings. The Morgan fingerprint density at radius 2 is 2.21 bits per heavy atom. The highest BCUT2D eigenvalue weighted by molar-refractivity contribution is 6.07. The van der Waals surface area contributed by atoms with Crippen molar-refractivity contribution in [3.63, 3.8) is 0 Å². The second-order valence-corrected chi connectivity index (χ2v) is 5.28. The molecular formula is C15H17N3O. The lowest BCUT2D eigenvalue weighted by Gasteiger charge is -2.26. The van der Waals surface area contributed by atoms with E-state index in [9.17, 15) is 4.79 Å². The van der Waals surface area contributed by atoms with Gasteiger partial charge in [-0.3, -0.25) is 9.78 Å². The van der Waals surface area contributed by atoms with Crippen molar-refractivity contribution in [2.75, 3.05) is 13.6 Å². The lowest BCUT2D eigenvalue weighted by Crippen LogP contribution is -2.30. The smallest absolute Gasteiger partial charge is 0.249 e. The number of primary amides is 1. The molecule has 2 aromatic rings. The number of likely N-dealkylation sites (N-methyl/N-ethyl adjacent to an activating group) is 1. The van der Waals surface area contributed by atoms with E-state index in [-0.39, 0.29) is 5.91 Å². The summed E-state index contributed by atoms with van der Waals surface area (Å²) in [6, 6.07) is 5.98. The molecule has 3 rings (SSSR count). The summed E-state index contributed by atoms with van der Waals surface area (Å²) in [6.45, 7) is 3.72. The van der Waals surface area contributed by atoms with Crippen LogP contribution in [0.5, 0.6) is 0 Å². The third-order valence-corrected chi connectivity index (χ3v) is 3.73. The Labute approximate surface area is 112 Å². The molecular weight excluding hydrogens is 238 g/mol. The number of hydrogen-bond acceptors (Lipinski definition) is 3. The Morgan fingerprint density at radius 3 is 2.95 bits per heavy atom. The summed E-state index contributed by atoms with van der Waals surface area (Å²) in [5, 5.41) is 0.876. The maximum Gasteiger partial charge on any atom is 0.249 e. The van der Waals surface area contributed by atoms with Crippen molar-refractivity contribution < 1.29 is 4.79 Å². The number of carbonyl (C=O) groups is 1. The van der Waals surface area contributed by atoms with Gasteiger partial charge in [-0.05, 0) is 26.1 Å². The van der Waals surface area contributed by atoms with E-state index in [0.717, 1.165) is 47.2 Å². The lowest BCUT2D eigenvalue weighted by atomic mass is 9.95. The molecule has 98 valence electrons. The van der Waals surface area contributed by atoms with Crippen LogP contribution in [0.15, 0.2) is 18.2 Å². The summed E-state index contributed by atoms with van der Waals surface area (Å²) in [7, 11) is 2.05. The number of carbonyl (C=O) groups excluding carboxylic acids is 1. The number of fused-ring (bicyclic) bond motifs is 2. The first kappa shape index (κ1) is 12.1. The number of hydrogen-bond donors (Lipinski definition) is 1. The zero-order valence-corrected chi connectivity index (χ0v) is 11.2. The van der Waals surface area contributed by atoms with Crippen LogP contribution in [0.4, 0.5) is 0 Å². The molecule has 2 heterocycles. The van der Waals surface area contributed by atoms with Crippen LogP contribution in [0.2, 0.25) is 0 Å². The molecule has 4 heteroatoms. The van der Waals surface area contributed by atoms with Gasteiger partial charge in [0.2, 0.25) is 5.91 Å². The van der Waals surface area contributed by atoms with Crippen LogP contribution >= 0.6 is 0 Å². The van der Waals surface area contributed by atoms with Crippen molar-refractivity contribution in [1.82, 2.24) is 9.88 Å². The molecule has 0 aliphatic carbocycles. The number of nitrogens with zero attached hydrogens (tertiary/aromatic N) is 2. The first-order valence-electron chi connectivity index (χ1n) is 6.46. The molecule has 1 aliphatic rings. The molecule has 0 saturated carbocycles. The van der Waals surface area contributed by atoms with Gasteiger partial charge in [0.1, 0.15) is 0 Å². The molecule has 0 spiro atoms. The van der Waals surface area contributed by atoms with Gasteiger partial charge in [-0.15, -0.1) is 0 Å². The van der Waals surface area contributed by atoms with Crippen molar-refractivity contribution in [2.45, 2.75) is 19.9 Å². The summed E-state index contributed by atoms with van der Waals surface area (Å²) < 4.78 is 0.